The first kappa shape index (κ1) is 11.9. The quantitative estimate of drug-likeness (QED) is 0.820. The van der Waals surface area contributed by atoms with Gasteiger partial charge in [0.15, 0.2) is 0 Å². The molecule has 5 heteroatoms. The third-order valence-corrected chi connectivity index (χ3v) is 3.01. The van der Waals surface area contributed by atoms with Crippen molar-refractivity contribution in [1.82, 2.24) is 4.90 Å². The smallest absolute Gasteiger partial charge is 0.241 e. The van der Waals surface area contributed by atoms with E-state index in [9.17, 15) is 14.3 Å². The molecule has 1 aliphatic rings. The SMILES string of the molecule is CN1CCN(c2ccc(F)cc2CO)CC1=O. The normalized spacial score (nSPS) is 16.5. The Morgan fingerprint density at radius 1 is 1.41 bits per heavy atom. The Bertz CT molecular complexity index is 437. The molecule has 0 unspecified atom stereocenters. The number of hydrogen-bond donors (Lipinski definition) is 1. The standard InChI is InChI=1S/C12H15FN2O2/c1-14-4-5-15(7-12(14)17)11-3-2-10(13)6-9(11)8-16/h2-3,6,16H,4-5,7-8H2,1H3. The van der Waals surface area contributed by atoms with Gasteiger partial charge in [-0.05, 0) is 18.2 Å². The van der Waals surface area contributed by atoms with Gasteiger partial charge in [0.2, 0.25) is 5.91 Å². The maximum atomic E-state index is 13.0. The highest BCUT2D eigenvalue weighted by molar-refractivity contribution is 5.82. The summed E-state index contributed by atoms with van der Waals surface area (Å²) in [6.45, 7) is 1.38. The van der Waals surface area contributed by atoms with Crippen molar-refractivity contribution in [2.75, 3.05) is 31.6 Å². The number of carbonyl (C=O) groups excluding carboxylic acids is 1. The van der Waals surface area contributed by atoms with Gasteiger partial charge in [-0.1, -0.05) is 0 Å². The van der Waals surface area contributed by atoms with Gasteiger partial charge in [0, 0.05) is 31.4 Å². The lowest BCUT2D eigenvalue weighted by molar-refractivity contribution is -0.129. The van der Waals surface area contributed by atoms with E-state index >= 15 is 0 Å². The molecule has 0 spiro atoms. The highest BCUT2D eigenvalue weighted by atomic mass is 19.1. The highest BCUT2D eigenvalue weighted by Crippen LogP contribution is 2.23. The first-order valence-electron chi connectivity index (χ1n) is 5.50. The Morgan fingerprint density at radius 2 is 2.18 bits per heavy atom. The zero-order valence-corrected chi connectivity index (χ0v) is 9.69. The molecule has 92 valence electrons. The number of amides is 1. The summed E-state index contributed by atoms with van der Waals surface area (Å²) in [6, 6.07) is 4.26. The zero-order chi connectivity index (χ0) is 12.4. The fourth-order valence-corrected chi connectivity index (χ4v) is 1.95. The maximum absolute atomic E-state index is 13.0. The largest absolute Gasteiger partial charge is 0.392 e. The molecule has 0 radical (unpaired) electrons. The number of rotatable bonds is 2. The first-order valence-corrected chi connectivity index (χ1v) is 5.50. The summed E-state index contributed by atoms with van der Waals surface area (Å²) in [5, 5.41) is 9.20. The number of benzene rings is 1. The van der Waals surface area contributed by atoms with Crippen LogP contribution in [0.3, 0.4) is 0 Å². The summed E-state index contributed by atoms with van der Waals surface area (Å²) in [7, 11) is 1.76. The number of aliphatic hydroxyl groups excluding tert-OH is 1. The van der Waals surface area contributed by atoms with Crippen LogP contribution in [0.2, 0.25) is 0 Å². The summed E-state index contributed by atoms with van der Waals surface area (Å²) in [6.07, 6.45) is 0. The van der Waals surface area contributed by atoms with Crippen molar-refractivity contribution in [2.24, 2.45) is 0 Å². The molecule has 0 saturated carbocycles. The van der Waals surface area contributed by atoms with Crippen molar-refractivity contribution < 1.29 is 14.3 Å². The van der Waals surface area contributed by atoms with Crippen LogP contribution >= 0.6 is 0 Å². The average Bonchev–Trinajstić information content (AvgIpc) is 2.32. The Kier molecular flexibility index (Phi) is 3.28. The van der Waals surface area contributed by atoms with E-state index in [1.165, 1.54) is 12.1 Å². The summed E-state index contributed by atoms with van der Waals surface area (Å²) >= 11 is 0. The van der Waals surface area contributed by atoms with Crippen LogP contribution in [0.4, 0.5) is 10.1 Å². The van der Waals surface area contributed by atoms with Crippen LogP contribution in [-0.4, -0.2) is 42.6 Å². The van der Waals surface area contributed by atoms with Crippen LogP contribution in [0.15, 0.2) is 18.2 Å². The van der Waals surface area contributed by atoms with Gasteiger partial charge in [-0.3, -0.25) is 4.79 Å². The van der Waals surface area contributed by atoms with E-state index in [0.717, 1.165) is 5.69 Å². The minimum Gasteiger partial charge on any atom is -0.392 e. The molecule has 17 heavy (non-hydrogen) atoms. The second kappa shape index (κ2) is 4.71. The maximum Gasteiger partial charge on any atom is 0.241 e. The predicted octanol–water partition coefficient (Wildman–Crippen LogP) is 0.596. The van der Waals surface area contributed by atoms with Crippen molar-refractivity contribution in [3.05, 3.63) is 29.6 Å². The number of piperazine rings is 1. The van der Waals surface area contributed by atoms with Crippen molar-refractivity contribution in [3.8, 4) is 0 Å². The van der Waals surface area contributed by atoms with E-state index in [1.807, 2.05) is 4.90 Å². The number of aliphatic hydroxyl groups is 1. The molecule has 1 amide bonds. The molecule has 1 aromatic carbocycles. The minimum atomic E-state index is -0.377. The average molecular weight is 238 g/mol. The molecule has 1 N–H and O–H groups in total. The van der Waals surface area contributed by atoms with Crippen molar-refractivity contribution in [3.63, 3.8) is 0 Å². The monoisotopic (exact) mass is 238 g/mol. The topological polar surface area (TPSA) is 43.8 Å². The third kappa shape index (κ3) is 2.39. The second-order valence-electron chi connectivity index (χ2n) is 4.17. The molecule has 0 bridgehead atoms. The molecule has 0 aromatic heterocycles. The van der Waals surface area contributed by atoms with Gasteiger partial charge < -0.3 is 14.9 Å². The van der Waals surface area contributed by atoms with Crippen LogP contribution in [0.5, 0.6) is 0 Å². The lowest BCUT2D eigenvalue weighted by Crippen LogP contribution is -2.48. The fraction of sp³-hybridized carbons (Fsp3) is 0.417. The molecule has 1 fully saturated rings. The fourth-order valence-electron chi connectivity index (χ4n) is 1.95. The van der Waals surface area contributed by atoms with Crippen LogP contribution in [0.25, 0.3) is 0 Å². The lowest BCUT2D eigenvalue weighted by atomic mass is 10.1. The van der Waals surface area contributed by atoms with Crippen LogP contribution in [0, 0.1) is 5.82 Å². The molecular weight excluding hydrogens is 223 g/mol. The van der Waals surface area contributed by atoms with E-state index in [1.54, 1.807) is 18.0 Å². The number of anilines is 1. The van der Waals surface area contributed by atoms with Crippen molar-refractivity contribution in [1.29, 1.82) is 0 Å². The number of nitrogens with zero attached hydrogens (tertiary/aromatic N) is 2. The highest BCUT2D eigenvalue weighted by Gasteiger charge is 2.22. The first-order chi connectivity index (χ1) is 8.11. The van der Waals surface area contributed by atoms with Crippen molar-refractivity contribution in [2.45, 2.75) is 6.61 Å². The molecule has 0 aliphatic carbocycles. The van der Waals surface area contributed by atoms with E-state index in [-0.39, 0.29) is 24.9 Å². The van der Waals surface area contributed by atoms with E-state index < -0.39 is 0 Å². The number of hydrogen-bond acceptors (Lipinski definition) is 3. The summed E-state index contributed by atoms with van der Waals surface area (Å²) in [4.78, 5) is 15.1. The second-order valence-corrected chi connectivity index (χ2v) is 4.17. The molecule has 1 aliphatic heterocycles. The van der Waals surface area contributed by atoms with Gasteiger partial charge in [-0.15, -0.1) is 0 Å². The molecule has 1 saturated heterocycles. The Hall–Kier alpha value is -1.62. The zero-order valence-electron chi connectivity index (χ0n) is 9.69. The number of carbonyl (C=O) groups is 1. The van der Waals surface area contributed by atoms with Gasteiger partial charge in [0.25, 0.3) is 0 Å². The van der Waals surface area contributed by atoms with Gasteiger partial charge in [-0.25, -0.2) is 4.39 Å². The molecule has 1 heterocycles. The minimum absolute atomic E-state index is 0.0319. The lowest BCUT2D eigenvalue weighted by Gasteiger charge is -2.34. The third-order valence-electron chi connectivity index (χ3n) is 3.01. The van der Waals surface area contributed by atoms with Gasteiger partial charge in [0.05, 0.1) is 13.2 Å². The number of likely N-dealkylation sites (N-methyl/N-ethyl adjacent to an activating group) is 1. The summed E-state index contributed by atoms with van der Waals surface area (Å²) < 4.78 is 13.0. The Morgan fingerprint density at radius 3 is 2.82 bits per heavy atom. The van der Waals surface area contributed by atoms with E-state index in [0.29, 0.717) is 18.7 Å². The predicted molar refractivity (Wildman–Crippen MR) is 62.2 cm³/mol. The molecule has 0 atom stereocenters. The van der Waals surface area contributed by atoms with Crippen LogP contribution < -0.4 is 4.90 Å². The Balaban J connectivity index is 2.25. The van der Waals surface area contributed by atoms with Gasteiger partial charge >= 0.3 is 0 Å². The molecule has 2 rings (SSSR count). The van der Waals surface area contributed by atoms with E-state index in [2.05, 4.69) is 0 Å². The summed E-state index contributed by atoms with van der Waals surface area (Å²) in [5.74, 6) is -0.345. The van der Waals surface area contributed by atoms with Gasteiger partial charge in [-0.2, -0.15) is 0 Å². The van der Waals surface area contributed by atoms with Gasteiger partial charge in [0.1, 0.15) is 5.82 Å². The van der Waals surface area contributed by atoms with Crippen molar-refractivity contribution >= 4 is 11.6 Å². The molecule has 4 nitrogen and oxygen atoms in total. The van der Waals surface area contributed by atoms with Crippen LogP contribution in [0.1, 0.15) is 5.56 Å². The summed E-state index contributed by atoms with van der Waals surface area (Å²) in [5.41, 5.74) is 1.25. The molecular formula is C12H15FN2O2. The number of halogens is 1. The van der Waals surface area contributed by atoms with E-state index in [4.69, 9.17) is 0 Å². The van der Waals surface area contributed by atoms with Crippen LogP contribution in [-0.2, 0) is 11.4 Å². The molecule has 1 aromatic rings. The Labute approximate surface area is 99.3 Å².